The molecule has 4 rings (SSSR count). The fourth-order valence-corrected chi connectivity index (χ4v) is 4.97. The molecule has 1 aliphatic heterocycles. The van der Waals surface area contributed by atoms with Gasteiger partial charge in [-0.15, -0.1) is 0 Å². The Hall–Kier alpha value is -3.57. The summed E-state index contributed by atoms with van der Waals surface area (Å²) in [4.78, 5) is 30.6. The van der Waals surface area contributed by atoms with Crippen LogP contribution in [0.5, 0.6) is 5.75 Å². The third-order valence-corrected chi connectivity index (χ3v) is 6.98. The van der Waals surface area contributed by atoms with Crippen LogP contribution in [0.4, 0.5) is 30.4 Å². The number of amides is 1. The number of piperazine rings is 1. The number of nitrogens with zero attached hydrogens (tertiary/aromatic N) is 4. The highest BCUT2D eigenvalue weighted by atomic mass is 19.4. The summed E-state index contributed by atoms with van der Waals surface area (Å²) in [7, 11) is 0. The molecule has 1 aromatic carbocycles. The van der Waals surface area contributed by atoms with Gasteiger partial charge in [0.2, 0.25) is 5.91 Å². The maximum absolute atomic E-state index is 13.3. The van der Waals surface area contributed by atoms with E-state index >= 15 is 0 Å². The third kappa shape index (κ3) is 6.84. The minimum Gasteiger partial charge on any atom is -0.490 e. The van der Waals surface area contributed by atoms with E-state index in [4.69, 9.17) is 4.74 Å². The second-order valence-electron chi connectivity index (χ2n) is 9.69. The van der Waals surface area contributed by atoms with E-state index in [-0.39, 0.29) is 23.7 Å². The van der Waals surface area contributed by atoms with Crippen molar-refractivity contribution in [3.05, 3.63) is 52.2 Å². The molecule has 38 heavy (non-hydrogen) atoms. The number of nitro benzene ring substituents is 1. The molecule has 0 bridgehead atoms. The molecule has 0 unspecified atom stereocenters. The molecule has 1 aromatic heterocycles. The number of hydrogen-bond acceptors (Lipinski definition) is 7. The first-order valence-corrected chi connectivity index (χ1v) is 12.9. The van der Waals surface area contributed by atoms with Crippen LogP contribution in [-0.4, -0.2) is 59.0 Å². The van der Waals surface area contributed by atoms with Gasteiger partial charge in [-0.2, -0.15) is 13.2 Å². The SMILES string of the molecule is CCCC(=O)N1CCN(c2cc(OC3CCC(Nc4ccc([N+](=O)[O-])c(C(F)(F)F)c4)CC3)ccn2)CC1. The molecule has 12 heteroatoms. The lowest BCUT2D eigenvalue weighted by atomic mass is 9.92. The molecule has 1 N–H and O–H groups in total. The molecule has 2 heterocycles. The first-order chi connectivity index (χ1) is 18.1. The molecule has 1 saturated carbocycles. The number of anilines is 2. The average Bonchev–Trinajstić information content (AvgIpc) is 2.89. The summed E-state index contributed by atoms with van der Waals surface area (Å²) in [5, 5.41) is 14.1. The Balaban J connectivity index is 1.29. The van der Waals surface area contributed by atoms with E-state index in [2.05, 4.69) is 15.2 Å². The van der Waals surface area contributed by atoms with Crippen LogP contribution < -0.4 is 15.0 Å². The summed E-state index contributed by atoms with van der Waals surface area (Å²) in [5.74, 6) is 1.71. The van der Waals surface area contributed by atoms with Crippen LogP contribution in [0.15, 0.2) is 36.5 Å². The smallest absolute Gasteiger partial charge is 0.423 e. The molecule has 2 aromatic rings. The summed E-state index contributed by atoms with van der Waals surface area (Å²) < 4.78 is 46.0. The molecule has 206 valence electrons. The van der Waals surface area contributed by atoms with Crippen LogP contribution in [0, 0.1) is 10.1 Å². The van der Waals surface area contributed by atoms with E-state index in [1.165, 1.54) is 6.07 Å². The number of benzene rings is 1. The minimum absolute atomic E-state index is 0.0330. The van der Waals surface area contributed by atoms with Crippen molar-refractivity contribution in [2.75, 3.05) is 36.4 Å². The number of rotatable bonds is 8. The van der Waals surface area contributed by atoms with Gasteiger partial charge in [0.25, 0.3) is 5.69 Å². The molecule has 2 aliphatic rings. The molecule has 1 saturated heterocycles. The van der Waals surface area contributed by atoms with Gasteiger partial charge in [0.05, 0.1) is 11.0 Å². The number of halogens is 3. The molecule has 1 amide bonds. The number of ether oxygens (including phenoxy) is 1. The number of carbonyl (C=O) groups is 1. The molecular formula is C26H32F3N5O4. The molecule has 0 atom stereocenters. The molecule has 0 radical (unpaired) electrons. The van der Waals surface area contributed by atoms with Crippen molar-refractivity contribution >= 4 is 23.1 Å². The predicted octanol–water partition coefficient (Wildman–Crippen LogP) is 5.26. The number of nitrogens with one attached hydrogen (secondary N) is 1. The Morgan fingerprint density at radius 1 is 1.13 bits per heavy atom. The molecule has 2 fully saturated rings. The van der Waals surface area contributed by atoms with Crippen molar-refractivity contribution in [2.45, 2.75) is 63.8 Å². The zero-order chi connectivity index (χ0) is 27.3. The monoisotopic (exact) mass is 535 g/mol. The predicted molar refractivity (Wildman–Crippen MR) is 136 cm³/mol. The van der Waals surface area contributed by atoms with Gasteiger partial charge >= 0.3 is 6.18 Å². The lowest BCUT2D eigenvalue weighted by Crippen LogP contribution is -2.49. The summed E-state index contributed by atoms with van der Waals surface area (Å²) >= 11 is 0. The Morgan fingerprint density at radius 3 is 2.47 bits per heavy atom. The quantitative estimate of drug-likeness (QED) is 0.364. The fourth-order valence-electron chi connectivity index (χ4n) is 4.97. The maximum Gasteiger partial charge on any atom is 0.423 e. The topological polar surface area (TPSA) is 101 Å². The van der Waals surface area contributed by atoms with Crippen LogP contribution in [-0.2, 0) is 11.0 Å². The summed E-state index contributed by atoms with van der Waals surface area (Å²) in [5.41, 5.74) is -2.00. The number of aromatic nitrogens is 1. The van der Waals surface area contributed by atoms with Gasteiger partial charge in [0.15, 0.2) is 0 Å². The summed E-state index contributed by atoms with van der Waals surface area (Å²) in [6.45, 7) is 4.76. The number of hydrogen-bond donors (Lipinski definition) is 1. The van der Waals surface area contributed by atoms with Crippen molar-refractivity contribution in [3.8, 4) is 5.75 Å². The van der Waals surface area contributed by atoms with Gasteiger partial charge in [-0.25, -0.2) is 4.98 Å². The van der Waals surface area contributed by atoms with Gasteiger partial charge in [-0.3, -0.25) is 14.9 Å². The standard InChI is InChI=1S/C26H32F3N5O4/c1-2-3-25(35)33-14-12-32(13-15-33)24-17-21(10-11-30-24)38-20-7-4-18(5-8-20)31-19-6-9-23(34(36)37)22(16-19)26(27,28)29/h6,9-11,16-18,20,31H,2-5,7-8,12-15H2,1H3. The number of carbonyl (C=O) groups excluding carboxylic acids is 1. The van der Waals surface area contributed by atoms with E-state index in [1.54, 1.807) is 6.20 Å². The van der Waals surface area contributed by atoms with E-state index in [0.29, 0.717) is 64.0 Å². The second kappa shape index (κ2) is 11.9. The van der Waals surface area contributed by atoms with Crippen molar-refractivity contribution < 1.29 is 27.6 Å². The zero-order valence-electron chi connectivity index (χ0n) is 21.2. The van der Waals surface area contributed by atoms with E-state index in [1.807, 2.05) is 24.0 Å². The van der Waals surface area contributed by atoms with Crippen LogP contribution in [0.2, 0.25) is 0 Å². The Morgan fingerprint density at radius 2 is 1.84 bits per heavy atom. The molecule has 1 aliphatic carbocycles. The normalized spacial score (nSPS) is 20.2. The van der Waals surface area contributed by atoms with Crippen molar-refractivity contribution in [1.82, 2.24) is 9.88 Å². The maximum atomic E-state index is 13.3. The molecule has 9 nitrogen and oxygen atoms in total. The van der Waals surface area contributed by atoms with E-state index < -0.39 is 22.4 Å². The number of pyridine rings is 1. The van der Waals surface area contributed by atoms with Gasteiger partial charge in [0, 0.05) is 62.7 Å². The van der Waals surface area contributed by atoms with Gasteiger partial charge in [0.1, 0.15) is 17.1 Å². The highest BCUT2D eigenvalue weighted by Gasteiger charge is 2.38. The fraction of sp³-hybridized carbons (Fsp3) is 0.538. The van der Waals surface area contributed by atoms with Crippen LogP contribution in [0.25, 0.3) is 0 Å². The van der Waals surface area contributed by atoms with Crippen LogP contribution >= 0.6 is 0 Å². The van der Waals surface area contributed by atoms with Gasteiger partial charge in [-0.1, -0.05) is 6.92 Å². The first-order valence-electron chi connectivity index (χ1n) is 12.9. The lowest BCUT2D eigenvalue weighted by Gasteiger charge is -2.35. The van der Waals surface area contributed by atoms with Crippen molar-refractivity contribution in [3.63, 3.8) is 0 Å². The summed E-state index contributed by atoms with van der Waals surface area (Å²) in [6.07, 6.45) is 1.08. The Kier molecular flexibility index (Phi) is 8.58. The number of nitro groups is 1. The Labute approximate surface area is 219 Å². The zero-order valence-corrected chi connectivity index (χ0v) is 21.2. The second-order valence-corrected chi connectivity index (χ2v) is 9.69. The average molecular weight is 536 g/mol. The molecule has 0 spiro atoms. The van der Waals surface area contributed by atoms with Gasteiger partial charge < -0.3 is 19.9 Å². The van der Waals surface area contributed by atoms with Crippen LogP contribution in [0.1, 0.15) is 51.0 Å². The van der Waals surface area contributed by atoms with Crippen molar-refractivity contribution in [2.24, 2.45) is 0 Å². The minimum atomic E-state index is -4.81. The largest absolute Gasteiger partial charge is 0.490 e. The first kappa shape index (κ1) is 27.5. The van der Waals surface area contributed by atoms with E-state index in [0.717, 1.165) is 24.4 Å². The van der Waals surface area contributed by atoms with Gasteiger partial charge in [-0.05, 0) is 50.3 Å². The molecular weight excluding hydrogens is 503 g/mol. The highest BCUT2D eigenvalue weighted by molar-refractivity contribution is 5.76. The summed E-state index contributed by atoms with van der Waals surface area (Å²) in [6, 6.07) is 6.67. The third-order valence-electron chi connectivity index (χ3n) is 6.98. The number of alkyl halides is 3. The van der Waals surface area contributed by atoms with E-state index in [9.17, 15) is 28.1 Å². The lowest BCUT2D eigenvalue weighted by molar-refractivity contribution is -0.388. The Bertz CT molecular complexity index is 1130. The highest BCUT2D eigenvalue weighted by Crippen LogP contribution is 2.38. The van der Waals surface area contributed by atoms with Crippen LogP contribution in [0.3, 0.4) is 0 Å². The van der Waals surface area contributed by atoms with Crippen molar-refractivity contribution in [1.29, 1.82) is 0 Å².